The largest absolute Gasteiger partial charge is 0.370 e. The minimum atomic E-state index is 0.606. The number of nitrogen functional groups attached to an aromatic ring is 1. The van der Waals surface area contributed by atoms with Crippen LogP contribution in [0.25, 0.3) is 0 Å². The van der Waals surface area contributed by atoms with Crippen molar-refractivity contribution < 1.29 is 0 Å². The van der Waals surface area contributed by atoms with Gasteiger partial charge in [0.05, 0.1) is 0 Å². The molecule has 0 fully saturated rings. The summed E-state index contributed by atoms with van der Waals surface area (Å²) in [5, 5.41) is 3.41. The number of hydrogen-bond donors (Lipinski definition) is 3. The third-order valence-corrected chi connectivity index (χ3v) is 3.69. The minimum absolute atomic E-state index is 0.606. The molecular formula is C15H30N6. The zero-order chi connectivity index (χ0) is 15.7. The number of nitrogens with one attached hydrogen (secondary N) is 2. The first-order chi connectivity index (χ1) is 10.1. The number of hydrogen-bond acceptors (Lipinski definition) is 6. The van der Waals surface area contributed by atoms with E-state index >= 15 is 0 Å². The van der Waals surface area contributed by atoms with Gasteiger partial charge in [0.1, 0.15) is 18.0 Å². The molecule has 0 aliphatic rings. The Kier molecular flexibility index (Phi) is 8.00. The van der Waals surface area contributed by atoms with Gasteiger partial charge in [-0.15, -0.1) is 0 Å². The zero-order valence-electron chi connectivity index (χ0n) is 13.8. The lowest BCUT2D eigenvalue weighted by Crippen LogP contribution is -2.27. The van der Waals surface area contributed by atoms with E-state index in [2.05, 4.69) is 53.4 Å². The third kappa shape index (κ3) is 5.85. The lowest BCUT2D eigenvalue weighted by Gasteiger charge is -2.20. The van der Waals surface area contributed by atoms with Crippen LogP contribution in [0.15, 0.2) is 6.33 Å². The molecular weight excluding hydrogens is 264 g/mol. The van der Waals surface area contributed by atoms with Gasteiger partial charge in [0, 0.05) is 18.2 Å². The molecule has 6 nitrogen and oxygen atoms in total. The number of aromatic nitrogens is 2. The number of unbranched alkanes of at least 4 members (excludes halogenated alkanes) is 1. The highest BCUT2D eigenvalue weighted by molar-refractivity contribution is 5.56. The molecule has 1 aromatic rings. The Labute approximate surface area is 128 Å². The predicted octanol–water partition coefficient (Wildman–Crippen LogP) is 2.25. The molecule has 120 valence electrons. The van der Waals surface area contributed by atoms with Gasteiger partial charge in [-0.05, 0) is 46.7 Å². The van der Waals surface area contributed by atoms with E-state index in [1.165, 1.54) is 6.42 Å². The average molecular weight is 294 g/mol. The fraction of sp³-hybridized carbons (Fsp3) is 0.733. The van der Waals surface area contributed by atoms with E-state index in [0.717, 1.165) is 43.7 Å². The van der Waals surface area contributed by atoms with Crippen molar-refractivity contribution in [1.29, 1.82) is 0 Å². The van der Waals surface area contributed by atoms with Crippen LogP contribution in [-0.2, 0) is 6.42 Å². The van der Waals surface area contributed by atoms with Crippen LogP contribution in [0.5, 0.6) is 0 Å². The zero-order valence-corrected chi connectivity index (χ0v) is 13.8. The van der Waals surface area contributed by atoms with Crippen LogP contribution in [-0.4, -0.2) is 41.0 Å². The molecule has 4 N–H and O–H groups in total. The van der Waals surface area contributed by atoms with E-state index in [9.17, 15) is 0 Å². The number of nitrogens with two attached hydrogens (primary N) is 1. The van der Waals surface area contributed by atoms with Gasteiger partial charge in [-0.1, -0.05) is 13.3 Å². The number of hydrazine groups is 1. The van der Waals surface area contributed by atoms with Crippen molar-refractivity contribution >= 4 is 11.6 Å². The fourth-order valence-electron chi connectivity index (χ4n) is 2.13. The van der Waals surface area contributed by atoms with E-state index in [-0.39, 0.29) is 0 Å². The maximum absolute atomic E-state index is 5.51. The second kappa shape index (κ2) is 9.52. The molecule has 0 radical (unpaired) electrons. The van der Waals surface area contributed by atoms with Crippen LogP contribution in [0.4, 0.5) is 11.6 Å². The maximum atomic E-state index is 5.51. The highest BCUT2D eigenvalue weighted by Gasteiger charge is 2.09. The van der Waals surface area contributed by atoms with Crippen LogP contribution in [0.2, 0.25) is 0 Å². The Hall–Kier alpha value is -1.40. The van der Waals surface area contributed by atoms with E-state index in [1.807, 2.05) is 0 Å². The first kappa shape index (κ1) is 17.7. The molecule has 0 aliphatic carbocycles. The molecule has 0 spiro atoms. The summed E-state index contributed by atoms with van der Waals surface area (Å²) in [6, 6.07) is 0.606. The van der Waals surface area contributed by atoms with Gasteiger partial charge in [-0.3, -0.25) is 0 Å². The molecule has 0 aromatic carbocycles. The molecule has 0 atom stereocenters. The van der Waals surface area contributed by atoms with Crippen molar-refractivity contribution in [3.05, 3.63) is 11.9 Å². The summed E-state index contributed by atoms with van der Waals surface area (Å²) in [6.07, 6.45) is 5.80. The Morgan fingerprint density at radius 2 is 1.95 bits per heavy atom. The lowest BCUT2D eigenvalue weighted by atomic mass is 10.1. The monoisotopic (exact) mass is 294 g/mol. The summed E-state index contributed by atoms with van der Waals surface area (Å²) in [5.74, 6) is 7.13. The molecule has 1 heterocycles. The summed E-state index contributed by atoms with van der Waals surface area (Å²) in [4.78, 5) is 10.9. The molecule has 6 heteroatoms. The summed E-state index contributed by atoms with van der Waals surface area (Å²) in [6.45, 7) is 8.62. The van der Waals surface area contributed by atoms with Crippen LogP contribution < -0.4 is 16.6 Å². The molecule has 1 rings (SSSR count). The molecule has 0 amide bonds. The van der Waals surface area contributed by atoms with Gasteiger partial charge in [0.2, 0.25) is 0 Å². The van der Waals surface area contributed by atoms with Crippen molar-refractivity contribution in [2.45, 2.75) is 52.5 Å². The lowest BCUT2D eigenvalue weighted by molar-refractivity contribution is 0.269. The summed E-state index contributed by atoms with van der Waals surface area (Å²) in [7, 11) is 2.17. The van der Waals surface area contributed by atoms with E-state index in [1.54, 1.807) is 6.33 Å². The Morgan fingerprint density at radius 1 is 1.24 bits per heavy atom. The average Bonchev–Trinajstić information content (AvgIpc) is 2.48. The van der Waals surface area contributed by atoms with Crippen molar-refractivity contribution in [3.8, 4) is 0 Å². The van der Waals surface area contributed by atoms with Crippen molar-refractivity contribution in [3.63, 3.8) is 0 Å². The summed E-state index contributed by atoms with van der Waals surface area (Å²) in [5.41, 5.74) is 3.72. The molecule has 0 saturated carbocycles. The van der Waals surface area contributed by atoms with E-state index in [4.69, 9.17) is 5.84 Å². The second-order valence-corrected chi connectivity index (χ2v) is 5.65. The van der Waals surface area contributed by atoms with Crippen LogP contribution in [0, 0.1) is 0 Å². The topological polar surface area (TPSA) is 79.1 Å². The van der Waals surface area contributed by atoms with Crippen molar-refractivity contribution in [2.75, 3.05) is 30.9 Å². The molecule has 1 aromatic heterocycles. The number of nitrogens with zero attached hydrogens (tertiary/aromatic N) is 3. The van der Waals surface area contributed by atoms with E-state index < -0.39 is 0 Å². The standard InChI is InChI=1S/C15H30N6/c1-5-8-13-14(18-11-19-15(13)20-16)17-9-6-7-10-21(4)12(2)3/h11-12H,5-10,16H2,1-4H3,(H2,17,18,19,20). The van der Waals surface area contributed by atoms with Gasteiger partial charge in [0.15, 0.2) is 0 Å². The van der Waals surface area contributed by atoms with Gasteiger partial charge in [-0.2, -0.15) is 0 Å². The summed E-state index contributed by atoms with van der Waals surface area (Å²) < 4.78 is 0. The molecule has 0 unspecified atom stereocenters. The third-order valence-electron chi connectivity index (χ3n) is 3.69. The highest BCUT2D eigenvalue weighted by Crippen LogP contribution is 2.20. The Bertz CT molecular complexity index is 407. The SMILES string of the molecule is CCCc1c(NN)ncnc1NCCCCN(C)C(C)C. The van der Waals surface area contributed by atoms with Crippen molar-refractivity contribution in [1.82, 2.24) is 14.9 Å². The molecule has 21 heavy (non-hydrogen) atoms. The molecule has 0 aliphatic heterocycles. The quantitative estimate of drug-likeness (QED) is 0.349. The number of rotatable bonds is 10. The van der Waals surface area contributed by atoms with E-state index in [0.29, 0.717) is 11.9 Å². The number of anilines is 2. The Balaban J connectivity index is 2.44. The predicted molar refractivity (Wildman–Crippen MR) is 89.3 cm³/mol. The van der Waals surface area contributed by atoms with Gasteiger partial charge in [-0.25, -0.2) is 15.8 Å². The molecule has 0 bridgehead atoms. The van der Waals surface area contributed by atoms with Crippen LogP contribution in [0.1, 0.15) is 45.6 Å². The van der Waals surface area contributed by atoms with Gasteiger partial charge in [0.25, 0.3) is 0 Å². The fourth-order valence-corrected chi connectivity index (χ4v) is 2.13. The normalized spacial score (nSPS) is 11.2. The van der Waals surface area contributed by atoms with Crippen LogP contribution >= 0.6 is 0 Å². The highest BCUT2D eigenvalue weighted by atomic mass is 15.3. The first-order valence-electron chi connectivity index (χ1n) is 7.84. The van der Waals surface area contributed by atoms with Crippen LogP contribution in [0.3, 0.4) is 0 Å². The minimum Gasteiger partial charge on any atom is -0.370 e. The molecule has 0 saturated heterocycles. The second-order valence-electron chi connectivity index (χ2n) is 5.65. The smallest absolute Gasteiger partial charge is 0.148 e. The Morgan fingerprint density at radius 3 is 2.57 bits per heavy atom. The van der Waals surface area contributed by atoms with Gasteiger partial charge >= 0.3 is 0 Å². The maximum Gasteiger partial charge on any atom is 0.148 e. The van der Waals surface area contributed by atoms with Gasteiger partial charge < -0.3 is 15.6 Å². The summed E-state index contributed by atoms with van der Waals surface area (Å²) >= 11 is 0. The van der Waals surface area contributed by atoms with Crippen molar-refractivity contribution in [2.24, 2.45) is 5.84 Å². The first-order valence-corrected chi connectivity index (χ1v) is 7.84.